The van der Waals surface area contributed by atoms with E-state index >= 15 is 0 Å². The molecule has 24 heavy (non-hydrogen) atoms. The Hall–Kier alpha value is 0.501. The fraction of sp³-hybridized carbons (Fsp3) is 0.143. The Labute approximate surface area is 180 Å². The Morgan fingerprint density at radius 2 is 0.750 bits per heavy atom. The molecule has 0 unspecified atom stereocenters. The van der Waals surface area contributed by atoms with Crippen molar-refractivity contribution < 1.29 is 105 Å². The predicted molar refractivity (Wildman–Crippen MR) is 70.1 cm³/mol. The minimum absolute atomic E-state index is 0. The quantitative estimate of drug-likeness (QED) is 0.438. The van der Waals surface area contributed by atoms with E-state index in [1.165, 1.54) is 5.56 Å². The van der Waals surface area contributed by atoms with E-state index in [1.807, 2.05) is 18.2 Å². The second-order valence-corrected chi connectivity index (χ2v) is 3.14. The van der Waals surface area contributed by atoms with Crippen LogP contribution in [0, 0.1) is 6.92 Å². The molecular formula is C7H10B3ClF12K-3. The van der Waals surface area contributed by atoms with Crippen LogP contribution in [0.15, 0.2) is 30.3 Å². The van der Waals surface area contributed by atoms with Gasteiger partial charge in [-0.3, -0.25) is 0 Å². The number of rotatable bonds is 0. The summed E-state index contributed by atoms with van der Waals surface area (Å²) in [5.41, 5.74) is 1.32. The molecule has 0 aliphatic heterocycles. The molecule has 0 radical (unpaired) electrons. The van der Waals surface area contributed by atoms with E-state index in [9.17, 15) is 51.8 Å². The van der Waals surface area contributed by atoms with E-state index in [-0.39, 0.29) is 65.2 Å². The van der Waals surface area contributed by atoms with Crippen molar-refractivity contribution in [3.8, 4) is 0 Å². The zero-order valence-electron chi connectivity index (χ0n) is 13.1. The molecule has 142 valence electrons. The van der Waals surface area contributed by atoms with Gasteiger partial charge in [0.15, 0.2) is 0 Å². The summed E-state index contributed by atoms with van der Waals surface area (Å²) in [4.78, 5) is 0. The summed E-state index contributed by atoms with van der Waals surface area (Å²) in [6.07, 6.45) is 0. The van der Waals surface area contributed by atoms with Crippen molar-refractivity contribution in [3.05, 3.63) is 35.9 Å². The molecule has 0 N–H and O–H groups in total. The first kappa shape index (κ1) is 35.6. The molecule has 0 spiro atoms. The number of hydrogen-bond donors (Lipinski definition) is 0. The van der Waals surface area contributed by atoms with E-state index in [0.717, 1.165) is 0 Å². The molecule has 0 amide bonds. The largest absolute Gasteiger partial charge is 1.00 e. The van der Waals surface area contributed by atoms with Gasteiger partial charge in [-0.25, -0.2) is 0 Å². The smallest absolute Gasteiger partial charge is 1.00 e. The number of hydrogen-bond acceptors (Lipinski definition) is 0. The van der Waals surface area contributed by atoms with Crippen LogP contribution in [-0.4, -0.2) is 21.8 Å². The summed E-state index contributed by atoms with van der Waals surface area (Å²) >= 11 is 0. The van der Waals surface area contributed by atoms with Crippen LogP contribution in [0.4, 0.5) is 51.8 Å². The van der Waals surface area contributed by atoms with Crippen LogP contribution in [0.25, 0.3) is 0 Å². The van der Waals surface area contributed by atoms with E-state index < -0.39 is 21.8 Å². The van der Waals surface area contributed by atoms with Gasteiger partial charge >= 0.3 is 73.1 Å². The van der Waals surface area contributed by atoms with Crippen molar-refractivity contribution in [2.45, 2.75) is 6.92 Å². The number of aryl methyl sites for hydroxylation is 1. The van der Waals surface area contributed by atoms with Crippen molar-refractivity contribution in [2.24, 2.45) is 0 Å². The monoisotopic (exact) mass is 429 g/mol. The number of halogens is 13. The molecule has 0 fully saturated rings. The standard InChI is InChI=1S/C7H8.3BF4.ClH.K.H/c1-7-5-3-2-4-6-7;3*2-1(3,4)5;;;/h2-6H,1H3;;;;1H;;/q;3*-1;;+1;-1. The van der Waals surface area contributed by atoms with Gasteiger partial charge in [0.05, 0.1) is 0 Å². The summed E-state index contributed by atoms with van der Waals surface area (Å²) < 4.78 is 117. The van der Waals surface area contributed by atoms with Gasteiger partial charge in [-0.1, -0.05) is 35.9 Å². The van der Waals surface area contributed by atoms with Gasteiger partial charge in [0.1, 0.15) is 0 Å². The Kier molecular flexibility index (Phi) is 25.1. The van der Waals surface area contributed by atoms with E-state index in [0.29, 0.717) is 0 Å². The van der Waals surface area contributed by atoms with Gasteiger partial charge in [0, 0.05) is 0 Å². The molecule has 0 aliphatic carbocycles. The normalized spacial score (nSPS) is 10.0. The Morgan fingerprint density at radius 1 is 0.583 bits per heavy atom. The molecule has 0 atom stereocenters. The van der Waals surface area contributed by atoms with Gasteiger partial charge in [-0.2, -0.15) is 0 Å². The van der Waals surface area contributed by atoms with E-state index in [4.69, 9.17) is 0 Å². The fourth-order valence-corrected chi connectivity index (χ4v) is 0.534. The molecule has 0 bridgehead atoms. The average molecular weight is 429 g/mol. The molecular weight excluding hydrogens is 419 g/mol. The molecule has 0 aliphatic rings. The first-order valence-corrected chi connectivity index (χ1v) is 5.03. The van der Waals surface area contributed by atoms with Gasteiger partial charge in [0.2, 0.25) is 0 Å². The molecule has 0 saturated carbocycles. The summed E-state index contributed by atoms with van der Waals surface area (Å²) in [7, 11) is -18.0. The van der Waals surface area contributed by atoms with Crippen molar-refractivity contribution in [2.75, 3.05) is 0 Å². The molecule has 0 saturated heterocycles. The van der Waals surface area contributed by atoms with Crippen LogP contribution in [0.2, 0.25) is 0 Å². The first-order valence-electron chi connectivity index (χ1n) is 5.03. The third-order valence-electron chi connectivity index (χ3n) is 0.940. The molecule has 0 nitrogen and oxygen atoms in total. The van der Waals surface area contributed by atoms with Gasteiger partial charge in [-0.15, -0.1) is 12.4 Å². The summed E-state index contributed by atoms with van der Waals surface area (Å²) in [6.45, 7) is 2.08. The third kappa shape index (κ3) is 144. The molecule has 1 rings (SSSR count). The topological polar surface area (TPSA) is 0 Å². The van der Waals surface area contributed by atoms with Crippen LogP contribution in [0.3, 0.4) is 0 Å². The van der Waals surface area contributed by atoms with Gasteiger partial charge in [-0.05, 0) is 6.92 Å². The van der Waals surface area contributed by atoms with Crippen molar-refractivity contribution in [3.63, 3.8) is 0 Å². The SMILES string of the molecule is Cc1ccccc1.Cl.F[B-](F)(F)F.F[B-](F)(F)F.F[B-](F)(F)F.[H-].[K+]. The Bertz CT molecular complexity index is 327. The second kappa shape index (κ2) is 16.9. The maximum atomic E-state index is 9.75. The molecule has 17 heteroatoms. The number of benzene rings is 1. The minimum atomic E-state index is -6.00. The summed E-state index contributed by atoms with van der Waals surface area (Å²) in [5, 5.41) is 0. The molecule has 1 aromatic rings. The molecule has 0 heterocycles. The van der Waals surface area contributed by atoms with Crippen LogP contribution in [0.5, 0.6) is 0 Å². The Balaban J connectivity index is -0.0000000470. The minimum Gasteiger partial charge on any atom is -1.00 e. The van der Waals surface area contributed by atoms with Crippen LogP contribution >= 0.6 is 12.4 Å². The second-order valence-electron chi connectivity index (χ2n) is 3.14. The maximum absolute atomic E-state index is 9.75. The average Bonchev–Trinajstić information content (AvgIpc) is 2.09. The zero-order valence-corrected chi connectivity index (χ0v) is 16.0. The Morgan fingerprint density at radius 3 is 0.833 bits per heavy atom. The zero-order chi connectivity index (χ0) is 18.6. The predicted octanol–water partition coefficient (Wildman–Crippen LogP) is 3.43. The van der Waals surface area contributed by atoms with Gasteiger partial charge in [0.25, 0.3) is 0 Å². The van der Waals surface area contributed by atoms with Crippen molar-refractivity contribution in [1.82, 2.24) is 0 Å². The molecule has 0 aromatic heterocycles. The maximum Gasteiger partial charge on any atom is 1.00 e. The van der Waals surface area contributed by atoms with Crippen molar-refractivity contribution in [1.29, 1.82) is 0 Å². The first-order chi connectivity index (χ1) is 9.39. The fourth-order valence-electron chi connectivity index (χ4n) is 0.534. The van der Waals surface area contributed by atoms with Gasteiger partial charge < -0.3 is 53.2 Å². The van der Waals surface area contributed by atoms with Crippen LogP contribution < -0.4 is 51.4 Å². The third-order valence-corrected chi connectivity index (χ3v) is 0.940. The van der Waals surface area contributed by atoms with Crippen LogP contribution in [-0.2, 0) is 0 Å². The van der Waals surface area contributed by atoms with E-state index in [2.05, 4.69) is 19.1 Å². The van der Waals surface area contributed by atoms with Crippen LogP contribution in [0.1, 0.15) is 6.99 Å². The summed E-state index contributed by atoms with van der Waals surface area (Å²) in [6, 6.07) is 10.3. The summed E-state index contributed by atoms with van der Waals surface area (Å²) in [5.74, 6) is 0. The molecule has 1 aromatic carbocycles. The van der Waals surface area contributed by atoms with E-state index in [1.54, 1.807) is 0 Å². The van der Waals surface area contributed by atoms with Crippen molar-refractivity contribution >= 4 is 34.2 Å².